The van der Waals surface area contributed by atoms with Crippen LogP contribution in [0, 0.1) is 6.92 Å². The molecule has 0 radical (unpaired) electrons. The summed E-state index contributed by atoms with van der Waals surface area (Å²) in [5.74, 6) is 0. The van der Waals surface area contributed by atoms with E-state index in [0.717, 1.165) is 13.0 Å². The molecular weight excluding hydrogens is 194 g/mol. The van der Waals surface area contributed by atoms with Crippen LogP contribution in [-0.2, 0) is 0 Å². The van der Waals surface area contributed by atoms with Crippen LogP contribution in [0.25, 0.3) is 6.08 Å². The van der Waals surface area contributed by atoms with Gasteiger partial charge in [-0.1, -0.05) is 56.7 Å². The van der Waals surface area contributed by atoms with E-state index in [9.17, 15) is 0 Å². The van der Waals surface area contributed by atoms with Gasteiger partial charge in [-0.15, -0.1) is 0 Å². The molecule has 0 aliphatic rings. The van der Waals surface area contributed by atoms with Gasteiger partial charge in [0.15, 0.2) is 0 Å². The Hall–Kier alpha value is -1.08. The van der Waals surface area contributed by atoms with Gasteiger partial charge >= 0.3 is 0 Å². The van der Waals surface area contributed by atoms with Crippen molar-refractivity contribution in [3.05, 3.63) is 41.0 Å². The van der Waals surface area contributed by atoms with E-state index in [1.54, 1.807) is 0 Å². The van der Waals surface area contributed by atoms with Gasteiger partial charge in [-0.05, 0) is 24.5 Å². The molecular formula is C15H23N. The average Bonchev–Trinajstić information content (AvgIpc) is 2.26. The minimum Gasteiger partial charge on any atom is -0.311 e. The largest absolute Gasteiger partial charge is 0.311 e. The zero-order valence-electron chi connectivity index (χ0n) is 10.9. The minimum absolute atomic E-state index is 0.548. The molecule has 16 heavy (non-hydrogen) atoms. The Balaban J connectivity index is 2.75. The number of hydrogen-bond acceptors (Lipinski definition) is 1. The van der Waals surface area contributed by atoms with Crippen LogP contribution < -0.4 is 5.32 Å². The molecule has 0 fully saturated rings. The van der Waals surface area contributed by atoms with Crippen LogP contribution in [0.15, 0.2) is 29.8 Å². The molecule has 88 valence electrons. The van der Waals surface area contributed by atoms with Crippen molar-refractivity contribution >= 4 is 6.08 Å². The molecule has 0 bridgehead atoms. The van der Waals surface area contributed by atoms with Gasteiger partial charge in [0.25, 0.3) is 0 Å². The lowest BCUT2D eigenvalue weighted by molar-refractivity contribution is 0.617. The molecule has 0 atom stereocenters. The predicted octanol–water partition coefficient (Wildman–Crippen LogP) is 3.79. The lowest BCUT2D eigenvalue weighted by Crippen LogP contribution is -2.24. The van der Waals surface area contributed by atoms with Crippen molar-refractivity contribution in [1.82, 2.24) is 5.32 Å². The maximum absolute atomic E-state index is 3.47. The minimum atomic E-state index is 0.548. The molecule has 0 saturated carbocycles. The topological polar surface area (TPSA) is 12.0 Å². The first-order valence-corrected chi connectivity index (χ1v) is 6.12. The van der Waals surface area contributed by atoms with Gasteiger partial charge in [0, 0.05) is 12.6 Å². The van der Waals surface area contributed by atoms with E-state index in [1.807, 2.05) is 0 Å². The summed E-state index contributed by atoms with van der Waals surface area (Å²) in [4.78, 5) is 0. The Kier molecular flexibility index (Phi) is 5.27. The standard InChI is InChI=1S/C15H23N/c1-5-14(11-16-12(2)3)10-15-9-7-6-8-13(15)4/h6-10,12,16H,5,11H2,1-4H3. The molecule has 0 unspecified atom stereocenters. The molecule has 1 N–H and O–H groups in total. The van der Waals surface area contributed by atoms with Crippen LogP contribution in [-0.4, -0.2) is 12.6 Å². The summed E-state index contributed by atoms with van der Waals surface area (Å²) in [6, 6.07) is 9.08. The van der Waals surface area contributed by atoms with Gasteiger partial charge in [0.05, 0.1) is 0 Å². The highest BCUT2D eigenvalue weighted by atomic mass is 14.9. The summed E-state index contributed by atoms with van der Waals surface area (Å²) in [7, 11) is 0. The summed E-state index contributed by atoms with van der Waals surface area (Å²) in [6.45, 7) is 9.73. The summed E-state index contributed by atoms with van der Waals surface area (Å²) in [6.07, 6.45) is 3.42. The van der Waals surface area contributed by atoms with Gasteiger partial charge < -0.3 is 5.32 Å². The van der Waals surface area contributed by atoms with Crippen LogP contribution in [0.4, 0.5) is 0 Å². The van der Waals surface area contributed by atoms with E-state index in [1.165, 1.54) is 16.7 Å². The molecule has 0 spiro atoms. The number of nitrogens with one attached hydrogen (secondary N) is 1. The first-order chi connectivity index (χ1) is 7.63. The third-order valence-corrected chi connectivity index (χ3v) is 2.74. The number of benzene rings is 1. The Bertz CT molecular complexity index is 350. The third kappa shape index (κ3) is 4.19. The van der Waals surface area contributed by atoms with Crippen LogP contribution in [0.3, 0.4) is 0 Å². The Labute approximate surface area is 99.6 Å². The average molecular weight is 217 g/mol. The molecule has 0 aliphatic carbocycles. The van der Waals surface area contributed by atoms with Crippen LogP contribution in [0.5, 0.6) is 0 Å². The number of rotatable bonds is 5. The molecule has 0 aliphatic heterocycles. The van der Waals surface area contributed by atoms with E-state index in [-0.39, 0.29) is 0 Å². The fraction of sp³-hybridized carbons (Fsp3) is 0.467. The third-order valence-electron chi connectivity index (χ3n) is 2.74. The molecule has 0 heterocycles. The quantitative estimate of drug-likeness (QED) is 0.791. The SMILES string of the molecule is CCC(=Cc1ccccc1C)CNC(C)C. The molecule has 1 heteroatoms. The second-order valence-corrected chi connectivity index (χ2v) is 4.55. The Morgan fingerprint density at radius 2 is 2.00 bits per heavy atom. The smallest absolute Gasteiger partial charge is 0.0170 e. The maximum atomic E-state index is 3.47. The fourth-order valence-corrected chi connectivity index (χ4v) is 1.58. The second kappa shape index (κ2) is 6.49. The summed E-state index contributed by atoms with van der Waals surface area (Å²) in [5, 5.41) is 3.47. The zero-order chi connectivity index (χ0) is 12.0. The summed E-state index contributed by atoms with van der Waals surface area (Å²) < 4.78 is 0. The summed E-state index contributed by atoms with van der Waals surface area (Å²) >= 11 is 0. The molecule has 1 aromatic rings. The van der Waals surface area contributed by atoms with Crippen molar-refractivity contribution in [3.8, 4) is 0 Å². The normalized spacial score (nSPS) is 12.2. The lowest BCUT2D eigenvalue weighted by Gasteiger charge is -2.11. The highest BCUT2D eigenvalue weighted by Gasteiger charge is 1.99. The zero-order valence-corrected chi connectivity index (χ0v) is 10.9. The molecule has 1 aromatic carbocycles. The molecule has 1 rings (SSSR count). The predicted molar refractivity (Wildman–Crippen MR) is 72.6 cm³/mol. The van der Waals surface area contributed by atoms with Crippen molar-refractivity contribution in [2.24, 2.45) is 0 Å². The molecule has 0 aromatic heterocycles. The van der Waals surface area contributed by atoms with Crippen molar-refractivity contribution in [1.29, 1.82) is 0 Å². The fourth-order valence-electron chi connectivity index (χ4n) is 1.58. The Morgan fingerprint density at radius 3 is 2.56 bits per heavy atom. The first kappa shape index (κ1) is 13.0. The van der Waals surface area contributed by atoms with Gasteiger partial charge in [-0.2, -0.15) is 0 Å². The highest BCUT2D eigenvalue weighted by molar-refractivity contribution is 5.56. The van der Waals surface area contributed by atoms with Crippen molar-refractivity contribution in [3.63, 3.8) is 0 Å². The highest BCUT2D eigenvalue weighted by Crippen LogP contribution is 2.13. The number of aryl methyl sites for hydroxylation is 1. The van der Waals surface area contributed by atoms with Crippen molar-refractivity contribution in [2.75, 3.05) is 6.54 Å². The van der Waals surface area contributed by atoms with E-state index in [0.29, 0.717) is 6.04 Å². The van der Waals surface area contributed by atoms with Gasteiger partial charge in [0.1, 0.15) is 0 Å². The lowest BCUT2D eigenvalue weighted by atomic mass is 10.0. The van der Waals surface area contributed by atoms with Gasteiger partial charge in [-0.3, -0.25) is 0 Å². The van der Waals surface area contributed by atoms with Gasteiger partial charge in [-0.25, -0.2) is 0 Å². The molecule has 1 nitrogen and oxygen atoms in total. The molecule has 0 amide bonds. The maximum Gasteiger partial charge on any atom is 0.0170 e. The summed E-state index contributed by atoms with van der Waals surface area (Å²) in [5.41, 5.74) is 4.14. The van der Waals surface area contributed by atoms with Crippen LogP contribution in [0.2, 0.25) is 0 Å². The molecule has 0 saturated heterocycles. The monoisotopic (exact) mass is 217 g/mol. The van der Waals surface area contributed by atoms with Crippen molar-refractivity contribution in [2.45, 2.75) is 40.2 Å². The van der Waals surface area contributed by atoms with E-state index < -0.39 is 0 Å². The van der Waals surface area contributed by atoms with Crippen LogP contribution >= 0.6 is 0 Å². The Morgan fingerprint density at radius 1 is 1.31 bits per heavy atom. The van der Waals surface area contributed by atoms with Crippen LogP contribution in [0.1, 0.15) is 38.3 Å². The van der Waals surface area contributed by atoms with Crippen molar-refractivity contribution < 1.29 is 0 Å². The van der Waals surface area contributed by atoms with Gasteiger partial charge in [0.2, 0.25) is 0 Å². The van der Waals surface area contributed by atoms with E-state index in [2.05, 4.69) is 63.4 Å². The second-order valence-electron chi connectivity index (χ2n) is 4.55. The first-order valence-electron chi connectivity index (χ1n) is 6.12. The van der Waals surface area contributed by atoms with E-state index >= 15 is 0 Å². The van der Waals surface area contributed by atoms with E-state index in [4.69, 9.17) is 0 Å². The number of hydrogen-bond donors (Lipinski definition) is 1.